The van der Waals surface area contributed by atoms with Gasteiger partial charge in [-0.05, 0) is 32.5 Å². The molecule has 1 rings (SSSR count). The van der Waals surface area contributed by atoms with Gasteiger partial charge in [0, 0.05) is 13.1 Å². The average Bonchev–Trinajstić information content (AvgIpc) is 2.15. The zero-order valence-corrected chi connectivity index (χ0v) is 9.91. The summed E-state index contributed by atoms with van der Waals surface area (Å²) in [7, 11) is 2.00. The Kier molecular flexibility index (Phi) is 5.02. The van der Waals surface area contributed by atoms with Crippen LogP contribution in [0.25, 0.3) is 0 Å². The van der Waals surface area contributed by atoms with Crippen molar-refractivity contribution < 1.29 is 5.11 Å². The Hall–Kier alpha value is -0.640. The fraction of sp³-hybridized carbons (Fsp3) is 0.545. The van der Waals surface area contributed by atoms with E-state index < -0.39 is 0 Å². The van der Waals surface area contributed by atoms with Crippen LogP contribution in [0.4, 0.5) is 0 Å². The van der Waals surface area contributed by atoms with E-state index in [-0.39, 0.29) is 6.10 Å². The maximum atomic E-state index is 9.15. The zero-order chi connectivity index (χ0) is 11.3. The molecule has 4 heteroatoms. The standard InChI is InChI=1S/C11H17ClN2O/c1-9(15)6-7-14(2)8-10-4-3-5-11(12)13-10/h3-5,9,15H,6-8H2,1-2H3. The number of hydrogen-bond acceptors (Lipinski definition) is 3. The van der Waals surface area contributed by atoms with Gasteiger partial charge < -0.3 is 10.0 Å². The summed E-state index contributed by atoms with van der Waals surface area (Å²) in [6.45, 7) is 3.41. The van der Waals surface area contributed by atoms with E-state index in [4.69, 9.17) is 16.7 Å². The maximum Gasteiger partial charge on any atom is 0.129 e. The molecule has 0 aliphatic rings. The number of aliphatic hydroxyl groups excluding tert-OH is 1. The molecule has 15 heavy (non-hydrogen) atoms. The molecule has 1 unspecified atom stereocenters. The third-order valence-electron chi connectivity index (χ3n) is 2.13. The van der Waals surface area contributed by atoms with Crippen molar-refractivity contribution in [3.8, 4) is 0 Å². The van der Waals surface area contributed by atoms with Crippen LogP contribution in [-0.4, -0.2) is 34.7 Å². The molecular formula is C11H17ClN2O. The molecule has 0 aliphatic carbocycles. The Morgan fingerprint density at radius 2 is 2.27 bits per heavy atom. The lowest BCUT2D eigenvalue weighted by Crippen LogP contribution is -2.22. The first kappa shape index (κ1) is 12.4. The van der Waals surface area contributed by atoms with Crippen molar-refractivity contribution in [2.75, 3.05) is 13.6 Å². The number of hydrogen-bond donors (Lipinski definition) is 1. The lowest BCUT2D eigenvalue weighted by Gasteiger charge is -2.16. The molecule has 0 aromatic carbocycles. The lowest BCUT2D eigenvalue weighted by atomic mass is 10.2. The predicted molar refractivity (Wildman–Crippen MR) is 61.9 cm³/mol. The largest absolute Gasteiger partial charge is 0.393 e. The van der Waals surface area contributed by atoms with E-state index in [1.165, 1.54) is 0 Å². The molecule has 0 fully saturated rings. The van der Waals surface area contributed by atoms with Crippen LogP contribution < -0.4 is 0 Å². The molecule has 0 radical (unpaired) electrons. The summed E-state index contributed by atoms with van der Waals surface area (Å²) in [6, 6.07) is 5.61. The van der Waals surface area contributed by atoms with Crippen LogP contribution in [-0.2, 0) is 6.54 Å². The van der Waals surface area contributed by atoms with Gasteiger partial charge in [0.1, 0.15) is 5.15 Å². The molecule has 1 aromatic rings. The third-order valence-corrected chi connectivity index (χ3v) is 2.34. The van der Waals surface area contributed by atoms with Crippen LogP contribution in [0.2, 0.25) is 5.15 Å². The van der Waals surface area contributed by atoms with E-state index in [9.17, 15) is 0 Å². The summed E-state index contributed by atoms with van der Waals surface area (Å²) in [5, 5.41) is 9.67. The van der Waals surface area contributed by atoms with Gasteiger partial charge in [0.15, 0.2) is 0 Å². The molecule has 0 aliphatic heterocycles. The van der Waals surface area contributed by atoms with Crippen LogP contribution in [0.5, 0.6) is 0 Å². The number of pyridine rings is 1. The van der Waals surface area contributed by atoms with Gasteiger partial charge in [-0.25, -0.2) is 4.98 Å². The van der Waals surface area contributed by atoms with E-state index in [1.807, 2.05) is 19.2 Å². The number of rotatable bonds is 5. The fourth-order valence-electron chi connectivity index (χ4n) is 1.30. The second-order valence-electron chi connectivity index (χ2n) is 3.83. The number of aromatic nitrogens is 1. The Morgan fingerprint density at radius 3 is 2.87 bits per heavy atom. The molecule has 0 saturated carbocycles. The van der Waals surface area contributed by atoms with Crippen LogP contribution in [0.3, 0.4) is 0 Å². The Bertz CT molecular complexity index is 304. The topological polar surface area (TPSA) is 36.4 Å². The van der Waals surface area contributed by atoms with E-state index in [0.29, 0.717) is 5.15 Å². The highest BCUT2D eigenvalue weighted by Gasteiger charge is 2.03. The maximum absolute atomic E-state index is 9.15. The zero-order valence-electron chi connectivity index (χ0n) is 9.15. The minimum absolute atomic E-state index is 0.250. The van der Waals surface area contributed by atoms with Crippen LogP contribution in [0.1, 0.15) is 19.0 Å². The molecule has 3 nitrogen and oxygen atoms in total. The minimum atomic E-state index is -0.250. The Labute approximate surface area is 95.7 Å². The van der Waals surface area contributed by atoms with E-state index in [0.717, 1.165) is 25.2 Å². The molecule has 1 heterocycles. The highest BCUT2D eigenvalue weighted by atomic mass is 35.5. The highest BCUT2D eigenvalue weighted by Crippen LogP contribution is 2.07. The Balaban J connectivity index is 2.40. The van der Waals surface area contributed by atoms with Crippen molar-refractivity contribution in [3.05, 3.63) is 29.0 Å². The van der Waals surface area contributed by atoms with Crippen LogP contribution in [0.15, 0.2) is 18.2 Å². The van der Waals surface area contributed by atoms with E-state index >= 15 is 0 Å². The van der Waals surface area contributed by atoms with E-state index in [2.05, 4.69) is 9.88 Å². The van der Waals surface area contributed by atoms with Gasteiger partial charge in [-0.1, -0.05) is 17.7 Å². The summed E-state index contributed by atoms with van der Waals surface area (Å²) in [5.74, 6) is 0. The molecule has 0 amide bonds. The second kappa shape index (κ2) is 6.05. The van der Waals surface area contributed by atoms with Gasteiger partial charge in [-0.2, -0.15) is 0 Å². The van der Waals surface area contributed by atoms with Gasteiger partial charge >= 0.3 is 0 Å². The SMILES string of the molecule is CC(O)CCN(C)Cc1cccc(Cl)n1. The molecule has 1 aromatic heterocycles. The van der Waals surface area contributed by atoms with Gasteiger partial charge in [-0.3, -0.25) is 0 Å². The first-order valence-corrected chi connectivity index (χ1v) is 5.44. The van der Waals surface area contributed by atoms with Gasteiger partial charge in [0.05, 0.1) is 11.8 Å². The molecule has 1 atom stereocenters. The summed E-state index contributed by atoms with van der Waals surface area (Å²) in [6.07, 6.45) is 0.525. The van der Waals surface area contributed by atoms with Crippen LogP contribution in [0, 0.1) is 0 Å². The van der Waals surface area contributed by atoms with Crippen molar-refractivity contribution in [3.63, 3.8) is 0 Å². The van der Waals surface area contributed by atoms with Gasteiger partial charge in [-0.15, -0.1) is 0 Å². The Morgan fingerprint density at radius 1 is 1.53 bits per heavy atom. The molecule has 0 saturated heterocycles. The summed E-state index contributed by atoms with van der Waals surface area (Å²) >= 11 is 5.79. The first-order valence-electron chi connectivity index (χ1n) is 5.06. The summed E-state index contributed by atoms with van der Waals surface area (Å²) < 4.78 is 0. The quantitative estimate of drug-likeness (QED) is 0.783. The third kappa shape index (κ3) is 5.11. The van der Waals surface area contributed by atoms with Crippen LogP contribution >= 0.6 is 11.6 Å². The van der Waals surface area contributed by atoms with Gasteiger partial charge in [0.25, 0.3) is 0 Å². The minimum Gasteiger partial charge on any atom is -0.393 e. The average molecular weight is 229 g/mol. The monoisotopic (exact) mass is 228 g/mol. The molecular weight excluding hydrogens is 212 g/mol. The predicted octanol–water partition coefficient (Wildman–Crippen LogP) is 1.94. The molecule has 0 spiro atoms. The molecule has 0 bridgehead atoms. The smallest absolute Gasteiger partial charge is 0.129 e. The van der Waals surface area contributed by atoms with Crippen molar-refractivity contribution in [1.82, 2.24) is 9.88 Å². The van der Waals surface area contributed by atoms with Crippen molar-refractivity contribution in [2.45, 2.75) is 26.0 Å². The first-order chi connectivity index (χ1) is 7.08. The fourth-order valence-corrected chi connectivity index (χ4v) is 1.48. The van der Waals surface area contributed by atoms with E-state index in [1.54, 1.807) is 13.0 Å². The van der Waals surface area contributed by atoms with Gasteiger partial charge in [0.2, 0.25) is 0 Å². The highest BCUT2D eigenvalue weighted by molar-refractivity contribution is 6.29. The lowest BCUT2D eigenvalue weighted by molar-refractivity contribution is 0.162. The normalized spacial score (nSPS) is 13.1. The van der Waals surface area contributed by atoms with Crippen molar-refractivity contribution in [2.24, 2.45) is 0 Å². The van der Waals surface area contributed by atoms with Crippen molar-refractivity contribution in [1.29, 1.82) is 0 Å². The second-order valence-corrected chi connectivity index (χ2v) is 4.21. The summed E-state index contributed by atoms with van der Waals surface area (Å²) in [4.78, 5) is 6.32. The summed E-state index contributed by atoms with van der Waals surface area (Å²) in [5.41, 5.74) is 0.954. The number of nitrogens with zero attached hydrogens (tertiary/aromatic N) is 2. The number of aliphatic hydroxyl groups is 1. The number of halogens is 1. The van der Waals surface area contributed by atoms with Crippen molar-refractivity contribution >= 4 is 11.6 Å². The molecule has 84 valence electrons. The molecule has 1 N–H and O–H groups in total.